The smallest absolute Gasteiger partial charge is 0.302 e. The molecule has 0 heterocycles. The third-order valence-corrected chi connectivity index (χ3v) is 5.65. The number of rotatable bonds is 5. The first-order valence-electron chi connectivity index (χ1n) is 5.76. The predicted octanol–water partition coefficient (Wildman–Crippen LogP) is 2.60. The third kappa shape index (κ3) is 4.50. The molecule has 1 aliphatic rings. The summed E-state index contributed by atoms with van der Waals surface area (Å²) in [5.74, 6) is 0.0123. The number of hydrogen-bond donors (Lipinski definition) is 3. The van der Waals surface area contributed by atoms with Crippen LogP contribution in [-0.4, -0.2) is 21.3 Å². The molecule has 0 spiro atoms. The summed E-state index contributed by atoms with van der Waals surface area (Å²) in [4.78, 5) is 26.1. The summed E-state index contributed by atoms with van der Waals surface area (Å²) in [6.07, 6.45) is 0.741. The summed E-state index contributed by atoms with van der Waals surface area (Å²) in [6, 6.07) is 0. The lowest BCUT2D eigenvalue weighted by atomic mass is 9.58. The average Bonchev–Trinajstić information content (AvgIpc) is 2.10. The zero-order valence-electron chi connectivity index (χ0n) is 11.4. The van der Waals surface area contributed by atoms with E-state index in [1.165, 1.54) is 11.1 Å². The minimum atomic E-state index is -5.05. The molecule has 0 aromatic rings. The van der Waals surface area contributed by atoms with Crippen molar-refractivity contribution < 1.29 is 32.6 Å². The second-order valence-corrected chi connectivity index (χ2v) is 8.27. The Morgan fingerprint density at radius 1 is 1.32 bits per heavy atom. The molecule has 0 bridgehead atoms. The Morgan fingerprint density at radius 3 is 2.21 bits per heavy atom. The molecule has 3 N–H and O–H groups in total. The van der Waals surface area contributed by atoms with Gasteiger partial charge in [0.25, 0.3) is 0 Å². The normalized spacial score (nSPS) is 25.6. The molecule has 2 atom stereocenters. The highest BCUT2D eigenvalue weighted by molar-refractivity contribution is 7.60. The van der Waals surface area contributed by atoms with E-state index in [1.54, 1.807) is 0 Å². The second kappa shape index (κ2) is 5.41. The highest BCUT2D eigenvalue weighted by Crippen LogP contribution is 2.59. The van der Waals surface area contributed by atoms with Gasteiger partial charge in [-0.2, -0.15) is 4.31 Å². The average molecular weight is 314 g/mol. The quantitative estimate of drug-likeness (QED) is 0.528. The molecule has 112 valence electrons. The Morgan fingerprint density at radius 2 is 1.84 bits per heavy atom. The van der Waals surface area contributed by atoms with Crippen LogP contribution in [0.2, 0.25) is 0 Å². The molecule has 1 aliphatic carbocycles. The lowest BCUT2D eigenvalue weighted by Gasteiger charge is -2.48. The standard InChI is InChI=1S/C10H20O7P2/c1-7(2)9-5-8(10(9,3)4)6-16-19(14,15)17-18(11,12)13/h8H,5-6H2,1-4H3,(H,14,15)(H2,11,12,13)/t8-/m0/s1. The summed E-state index contributed by atoms with van der Waals surface area (Å²) >= 11 is 0. The highest BCUT2D eigenvalue weighted by atomic mass is 31.3. The fraction of sp³-hybridized carbons (Fsp3) is 0.800. The SMILES string of the molecule is CC(C)=C1C[C@@H](COP(=O)(O)OP(=O)(O)O)C1(C)C. The monoisotopic (exact) mass is 314 g/mol. The molecule has 0 aromatic heterocycles. The van der Waals surface area contributed by atoms with Crippen molar-refractivity contribution in [1.29, 1.82) is 0 Å². The maximum atomic E-state index is 11.3. The van der Waals surface area contributed by atoms with Crippen LogP contribution >= 0.6 is 15.6 Å². The molecule has 9 heteroatoms. The summed E-state index contributed by atoms with van der Waals surface area (Å²) < 4.78 is 30.2. The molecule has 0 aliphatic heterocycles. The molecule has 1 fully saturated rings. The van der Waals surface area contributed by atoms with Crippen LogP contribution < -0.4 is 0 Å². The van der Waals surface area contributed by atoms with E-state index in [-0.39, 0.29) is 17.9 Å². The summed E-state index contributed by atoms with van der Waals surface area (Å²) in [7, 11) is -9.77. The molecule has 7 nitrogen and oxygen atoms in total. The fourth-order valence-corrected chi connectivity index (χ4v) is 3.97. The van der Waals surface area contributed by atoms with E-state index in [9.17, 15) is 14.0 Å². The molecule has 1 saturated carbocycles. The Balaban J connectivity index is 2.59. The van der Waals surface area contributed by atoms with Crippen LogP contribution in [0.25, 0.3) is 0 Å². The van der Waals surface area contributed by atoms with Crippen LogP contribution in [0.3, 0.4) is 0 Å². The van der Waals surface area contributed by atoms with Gasteiger partial charge in [-0.15, -0.1) is 0 Å². The van der Waals surface area contributed by atoms with Crippen molar-refractivity contribution in [3.63, 3.8) is 0 Å². The zero-order chi connectivity index (χ0) is 15.1. The Labute approximate surface area is 112 Å². The van der Waals surface area contributed by atoms with Gasteiger partial charge in [0, 0.05) is 0 Å². The minimum Gasteiger partial charge on any atom is -0.302 e. The molecular weight excluding hydrogens is 294 g/mol. The maximum Gasteiger partial charge on any atom is 0.481 e. The van der Waals surface area contributed by atoms with Crippen LogP contribution in [-0.2, 0) is 18.0 Å². The number of phosphoric acid groups is 2. The first-order chi connectivity index (χ1) is 8.35. The van der Waals surface area contributed by atoms with Crippen LogP contribution in [0.5, 0.6) is 0 Å². The molecule has 1 unspecified atom stereocenters. The lowest BCUT2D eigenvalue weighted by molar-refractivity contribution is 0.0741. The molecule has 0 amide bonds. The first-order valence-corrected chi connectivity index (χ1v) is 8.79. The molecule has 0 saturated heterocycles. The van der Waals surface area contributed by atoms with Crippen molar-refractivity contribution in [1.82, 2.24) is 0 Å². The molecule has 19 heavy (non-hydrogen) atoms. The fourth-order valence-electron chi connectivity index (χ4n) is 2.34. The van der Waals surface area contributed by atoms with Crippen molar-refractivity contribution in [2.45, 2.75) is 34.1 Å². The van der Waals surface area contributed by atoms with Gasteiger partial charge in [-0.3, -0.25) is 4.52 Å². The summed E-state index contributed by atoms with van der Waals surface area (Å²) in [6.45, 7) is 7.92. The number of phosphoric ester groups is 1. The van der Waals surface area contributed by atoms with Crippen molar-refractivity contribution >= 4 is 15.6 Å². The first kappa shape index (κ1) is 17.1. The topological polar surface area (TPSA) is 113 Å². The molecule has 1 rings (SSSR count). The Hall–Kier alpha value is -0.0000000000000000416. The van der Waals surface area contributed by atoms with Crippen LogP contribution in [0.15, 0.2) is 11.1 Å². The van der Waals surface area contributed by atoms with Gasteiger partial charge in [0.2, 0.25) is 0 Å². The lowest BCUT2D eigenvalue weighted by Crippen LogP contribution is -2.41. The van der Waals surface area contributed by atoms with Gasteiger partial charge in [-0.05, 0) is 31.6 Å². The van der Waals surface area contributed by atoms with E-state index in [1.807, 2.05) is 27.7 Å². The molecule has 0 radical (unpaired) electrons. The van der Waals surface area contributed by atoms with E-state index in [2.05, 4.69) is 8.83 Å². The Kier molecular flexibility index (Phi) is 4.86. The predicted molar refractivity (Wildman–Crippen MR) is 69.2 cm³/mol. The van der Waals surface area contributed by atoms with E-state index < -0.39 is 15.6 Å². The largest absolute Gasteiger partial charge is 0.481 e. The summed E-state index contributed by atoms with van der Waals surface area (Å²) in [5.41, 5.74) is 2.32. The van der Waals surface area contributed by atoms with Crippen molar-refractivity contribution in [3.8, 4) is 0 Å². The van der Waals surface area contributed by atoms with Crippen molar-refractivity contribution in [3.05, 3.63) is 11.1 Å². The van der Waals surface area contributed by atoms with Gasteiger partial charge >= 0.3 is 15.6 Å². The highest BCUT2D eigenvalue weighted by Gasteiger charge is 2.45. The Bertz CT molecular complexity index is 472. The minimum absolute atomic E-state index is 0.0123. The van der Waals surface area contributed by atoms with Gasteiger partial charge in [0.15, 0.2) is 0 Å². The van der Waals surface area contributed by atoms with E-state index in [0.29, 0.717) is 0 Å². The van der Waals surface area contributed by atoms with Gasteiger partial charge in [0.1, 0.15) is 0 Å². The van der Waals surface area contributed by atoms with Crippen LogP contribution in [0.1, 0.15) is 34.1 Å². The van der Waals surface area contributed by atoms with Gasteiger partial charge in [-0.1, -0.05) is 25.0 Å². The van der Waals surface area contributed by atoms with Gasteiger partial charge in [0.05, 0.1) is 6.61 Å². The van der Waals surface area contributed by atoms with E-state index in [4.69, 9.17) is 9.79 Å². The van der Waals surface area contributed by atoms with E-state index in [0.717, 1.165) is 6.42 Å². The van der Waals surface area contributed by atoms with Crippen LogP contribution in [0.4, 0.5) is 0 Å². The van der Waals surface area contributed by atoms with E-state index >= 15 is 0 Å². The maximum absolute atomic E-state index is 11.3. The molecular formula is C10H20O7P2. The number of hydrogen-bond acceptors (Lipinski definition) is 4. The van der Waals surface area contributed by atoms with Crippen molar-refractivity contribution in [2.24, 2.45) is 11.3 Å². The number of allylic oxidation sites excluding steroid dienone is 2. The van der Waals surface area contributed by atoms with Crippen molar-refractivity contribution in [2.75, 3.05) is 6.61 Å². The summed E-state index contributed by atoms with van der Waals surface area (Å²) in [5, 5.41) is 0. The molecule has 0 aromatic carbocycles. The van der Waals surface area contributed by atoms with Crippen LogP contribution in [0, 0.1) is 11.3 Å². The van der Waals surface area contributed by atoms with Gasteiger partial charge in [-0.25, -0.2) is 9.13 Å². The van der Waals surface area contributed by atoms with Gasteiger partial charge < -0.3 is 14.7 Å². The zero-order valence-corrected chi connectivity index (χ0v) is 13.1. The third-order valence-electron chi connectivity index (χ3n) is 3.50. The second-order valence-electron chi connectivity index (χ2n) is 5.44.